The second-order valence-corrected chi connectivity index (χ2v) is 10.2. The Kier molecular flexibility index (Phi) is 14.1. The van der Waals surface area contributed by atoms with Gasteiger partial charge in [-0.3, -0.25) is 0 Å². The smallest absolute Gasteiger partial charge is 0.330 e. The van der Waals surface area contributed by atoms with Crippen LogP contribution in [0.15, 0.2) is 85.0 Å². The van der Waals surface area contributed by atoms with E-state index in [-0.39, 0.29) is 24.1 Å². The van der Waals surface area contributed by atoms with Crippen LogP contribution in [0, 0.1) is 0 Å². The van der Waals surface area contributed by atoms with Gasteiger partial charge in [-0.15, -0.1) is 0 Å². The first-order chi connectivity index (χ1) is 18.7. The SMILES string of the molecule is O=C1/C=C/CCCCC[C@@H](CCc2ccccc2)OC(=O)/C=C/CCCCC[C@@H](CCc2ccccc2)O1. The van der Waals surface area contributed by atoms with Crippen molar-refractivity contribution in [3.05, 3.63) is 96.1 Å². The molecular weight excluding hydrogens is 472 g/mol. The van der Waals surface area contributed by atoms with Gasteiger partial charge >= 0.3 is 11.9 Å². The van der Waals surface area contributed by atoms with Gasteiger partial charge in [0.15, 0.2) is 0 Å². The minimum atomic E-state index is -0.228. The Balaban J connectivity index is 1.51. The van der Waals surface area contributed by atoms with Crippen molar-refractivity contribution in [2.75, 3.05) is 0 Å². The number of carbonyl (C=O) groups excluding carboxylic acids is 2. The molecule has 38 heavy (non-hydrogen) atoms. The molecule has 2 aromatic carbocycles. The Labute approximate surface area is 229 Å². The summed E-state index contributed by atoms with van der Waals surface area (Å²) < 4.78 is 11.7. The zero-order chi connectivity index (χ0) is 26.7. The summed E-state index contributed by atoms with van der Waals surface area (Å²) in [7, 11) is 0. The van der Waals surface area contributed by atoms with E-state index in [9.17, 15) is 9.59 Å². The van der Waals surface area contributed by atoms with E-state index < -0.39 is 0 Å². The minimum absolute atomic E-state index is 0.0729. The van der Waals surface area contributed by atoms with Crippen molar-refractivity contribution in [3.63, 3.8) is 0 Å². The molecule has 1 aliphatic heterocycles. The maximum atomic E-state index is 12.5. The fourth-order valence-corrected chi connectivity index (χ4v) is 4.86. The van der Waals surface area contributed by atoms with Crippen LogP contribution in [0.25, 0.3) is 0 Å². The monoisotopic (exact) mass is 516 g/mol. The Morgan fingerprint density at radius 1 is 0.553 bits per heavy atom. The predicted molar refractivity (Wildman–Crippen MR) is 154 cm³/mol. The lowest BCUT2D eigenvalue weighted by molar-refractivity contribution is -0.144. The molecule has 0 aliphatic carbocycles. The molecule has 3 rings (SSSR count). The molecule has 0 spiro atoms. The largest absolute Gasteiger partial charge is 0.459 e. The van der Waals surface area contributed by atoms with Crippen LogP contribution < -0.4 is 0 Å². The Morgan fingerprint density at radius 3 is 1.39 bits per heavy atom. The van der Waals surface area contributed by atoms with Crippen LogP contribution in [-0.2, 0) is 31.9 Å². The highest BCUT2D eigenvalue weighted by Crippen LogP contribution is 2.18. The average molecular weight is 517 g/mol. The minimum Gasteiger partial charge on any atom is -0.459 e. The van der Waals surface area contributed by atoms with Crippen LogP contribution in [0.5, 0.6) is 0 Å². The molecule has 0 N–H and O–H groups in total. The van der Waals surface area contributed by atoms with Gasteiger partial charge in [0.05, 0.1) is 0 Å². The van der Waals surface area contributed by atoms with Gasteiger partial charge in [0.2, 0.25) is 0 Å². The van der Waals surface area contributed by atoms with Crippen LogP contribution in [-0.4, -0.2) is 24.1 Å². The molecule has 0 radical (unpaired) electrons. The molecule has 0 saturated heterocycles. The van der Waals surface area contributed by atoms with Crippen LogP contribution in [0.1, 0.15) is 88.2 Å². The molecule has 0 unspecified atom stereocenters. The third kappa shape index (κ3) is 12.9. The molecule has 0 saturated carbocycles. The number of aryl methyl sites for hydroxylation is 2. The molecule has 2 atom stereocenters. The van der Waals surface area contributed by atoms with Gasteiger partial charge in [-0.1, -0.05) is 85.7 Å². The molecule has 0 aromatic heterocycles. The first kappa shape index (κ1) is 29.4. The van der Waals surface area contributed by atoms with Crippen molar-refractivity contribution in [2.45, 2.75) is 102 Å². The summed E-state index contributed by atoms with van der Waals surface area (Å²) in [6, 6.07) is 20.7. The van der Waals surface area contributed by atoms with Crippen LogP contribution in [0.3, 0.4) is 0 Å². The van der Waals surface area contributed by atoms with Crippen molar-refractivity contribution in [1.29, 1.82) is 0 Å². The van der Waals surface area contributed by atoms with Crippen molar-refractivity contribution in [3.8, 4) is 0 Å². The Hall–Kier alpha value is -3.14. The molecular formula is C34H44O4. The van der Waals surface area contributed by atoms with Crippen LogP contribution in [0.2, 0.25) is 0 Å². The molecule has 0 bridgehead atoms. The average Bonchev–Trinajstić information content (AvgIpc) is 2.93. The normalized spacial score (nSPS) is 22.5. The first-order valence-corrected chi connectivity index (χ1v) is 14.5. The lowest BCUT2D eigenvalue weighted by Gasteiger charge is -2.18. The highest BCUT2D eigenvalue weighted by molar-refractivity contribution is 5.82. The van der Waals surface area contributed by atoms with E-state index in [0.29, 0.717) is 0 Å². The van der Waals surface area contributed by atoms with Gasteiger partial charge in [-0.25, -0.2) is 9.59 Å². The highest BCUT2D eigenvalue weighted by Gasteiger charge is 2.15. The Morgan fingerprint density at radius 2 is 0.974 bits per heavy atom. The number of benzene rings is 2. The van der Waals surface area contributed by atoms with E-state index in [1.807, 2.05) is 48.6 Å². The standard InChI is InChI=1S/C34H44O4/c35-33-23-15-5-1-3-13-21-31(27-25-29-17-9-7-10-18-29)37-34(36)24-16-6-2-4-14-22-32(38-33)28-26-30-19-11-8-12-20-30/h7-12,15-20,23-24,31-32H,1-6,13-14,21-22,25-28H2/b23-15+,24-16+/t31-,32-/m0/s1. The van der Waals surface area contributed by atoms with E-state index in [1.54, 1.807) is 12.2 Å². The lowest BCUT2D eigenvalue weighted by Crippen LogP contribution is -2.18. The van der Waals surface area contributed by atoms with Gasteiger partial charge in [-0.2, -0.15) is 0 Å². The summed E-state index contributed by atoms with van der Waals surface area (Å²) in [6.07, 6.45) is 19.9. The summed E-state index contributed by atoms with van der Waals surface area (Å²) >= 11 is 0. The predicted octanol–water partition coefficient (Wildman–Crippen LogP) is 8.10. The quantitative estimate of drug-likeness (QED) is 0.364. The first-order valence-electron chi connectivity index (χ1n) is 14.5. The summed E-state index contributed by atoms with van der Waals surface area (Å²) in [5, 5.41) is 0. The van der Waals surface area contributed by atoms with E-state index in [2.05, 4.69) is 24.3 Å². The highest BCUT2D eigenvalue weighted by atomic mass is 16.5. The third-order valence-corrected chi connectivity index (χ3v) is 7.06. The Bertz CT molecular complexity index is 899. The second kappa shape index (κ2) is 18.2. The molecule has 4 nitrogen and oxygen atoms in total. The molecule has 204 valence electrons. The topological polar surface area (TPSA) is 52.6 Å². The molecule has 1 aliphatic rings. The number of hydrogen-bond acceptors (Lipinski definition) is 4. The van der Waals surface area contributed by atoms with E-state index in [1.165, 1.54) is 11.1 Å². The van der Waals surface area contributed by atoms with E-state index in [0.717, 1.165) is 89.9 Å². The number of cyclic esters (lactones) is 2. The molecule has 0 fully saturated rings. The molecule has 1 heterocycles. The number of carbonyl (C=O) groups is 2. The number of hydrogen-bond donors (Lipinski definition) is 0. The zero-order valence-corrected chi connectivity index (χ0v) is 22.8. The van der Waals surface area contributed by atoms with Crippen molar-refractivity contribution < 1.29 is 19.1 Å². The molecule has 0 amide bonds. The number of esters is 2. The fraction of sp³-hybridized carbons (Fsp3) is 0.471. The third-order valence-electron chi connectivity index (χ3n) is 7.06. The van der Waals surface area contributed by atoms with Gasteiger partial charge in [0, 0.05) is 12.2 Å². The summed E-state index contributed by atoms with van der Waals surface area (Å²) in [5.41, 5.74) is 2.54. The number of allylic oxidation sites excluding steroid dienone is 2. The zero-order valence-electron chi connectivity index (χ0n) is 22.8. The van der Waals surface area contributed by atoms with Crippen LogP contribution >= 0.6 is 0 Å². The van der Waals surface area contributed by atoms with Gasteiger partial charge in [-0.05, 0) is 88.2 Å². The number of ether oxygens (including phenoxy) is 2. The van der Waals surface area contributed by atoms with Crippen molar-refractivity contribution in [1.82, 2.24) is 0 Å². The summed E-state index contributed by atoms with van der Waals surface area (Å²) in [4.78, 5) is 25.0. The van der Waals surface area contributed by atoms with Gasteiger partial charge in [0.1, 0.15) is 12.2 Å². The lowest BCUT2D eigenvalue weighted by atomic mass is 10.0. The maximum absolute atomic E-state index is 12.5. The molecule has 2 aromatic rings. The van der Waals surface area contributed by atoms with Crippen LogP contribution in [0.4, 0.5) is 0 Å². The van der Waals surface area contributed by atoms with E-state index >= 15 is 0 Å². The summed E-state index contributed by atoms with van der Waals surface area (Å²) in [5.74, 6) is -0.457. The second-order valence-electron chi connectivity index (χ2n) is 10.2. The molecule has 4 heteroatoms. The van der Waals surface area contributed by atoms with Crippen molar-refractivity contribution in [2.24, 2.45) is 0 Å². The van der Waals surface area contributed by atoms with Crippen molar-refractivity contribution >= 4 is 11.9 Å². The maximum Gasteiger partial charge on any atom is 0.330 e. The van der Waals surface area contributed by atoms with Gasteiger partial charge < -0.3 is 9.47 Å². The number of rotatable bonds is 6. The van der Waals surface area contributed by atoms with E-state index in [4.69, 9.17) is 9.47 Å². The fourth-order valence-electron chi connectivity index (χ4n) is 4.86. The van der Waals surface area contributed by atoms with Gasteiger partial charge in [0.25, 0.3) is 0 Å². The summed E-state index contributed by atoms with van der Waals surface area (Å²) in [6.45, 7) is 0.